The summed E-state index contributed by atoms with van der Waals surface area (Å²) < 4.78 is 2.09. The van der Waals surface area contributed by atoms with Gasteiger partial charge in [-0.15, -0.1) is 5.10 Å². The number of fused-ring (bicyclic) bond motifs is 1. The fraction of sp³-hybridized carbons (Fsp3) is 0.467. The summed E-state index contributed by atoms with van der Waals surface area (Å²) in [5.41, 5.74) is 3.89. The molecule has 1 aliphatic carbocycles. The second-order valence-electron chi connectivity index (χ2n) is 5.04. The van der Waals surface area contributed by atoms with Crippen LogP contribution in [0.4, 0.5) is 0 Å². The Morgan fingerprint density at radius 1 is 0.944 bits per heavy atom. The van der Waals surface area contributed by atoms with Gasteiger partial charge in [-0.05, 0) is 31.2 Å². The minimum atomic E-state index is 0.850. The molecule has 2 aromatic rings. The zero-order chi connectivity index (χ0) is 12.2. The Labute approximate surface area is 108 Å². The van der Waals surface area contributed by atoms with E-state index in [1.807, 2.05) is 0 Å². The Morgan fingerprint density at radius 3 is 2.56 bits per heavy atom. The van der Waals surface area contributed by atoms with E-state index in [0.29, 0.717) is 0 Å². The Bertz CT molecular complexity index is 502. The van der Waals surface area contributed by atoms with Gasteiger partial charge in [0.15, 0.2) is 0 Å². The van der Waals surface area contributed by atoms with Gasteiger partial charge in [-0.3, -0.25) is 0 Å². The largest absolute Gasteiger partial charge is 0.245 e. The highest BCUT2D eigenvalue weighted by Gasteiger charge is 2.14. The van der Waals surface area contributed by atoms with Crippen molar-refractivity contribution in [1.29, 1.82) is 0 Å². The van der Waals surface area contributed by atoms with Crippen LogP contribution in [0.5, 0.6) is 0 Å². The number of rotatable bonds is 2. The standard InChI is InChI=1S/C15H19N3/c1-2-7-11-15-14(10-6-1)16-17-18(15)12-13-8-4-3-5-9-13/h3-5,8-9H,1-2,6-7,10-12H2. The molecule has 0 radical (unpaired) electrons. The summed E-state index contributed by atoms with van der Waals surface area (Å²) in [5.74, 6) is 0. The molecule has 0 spiro atoms. The average molecular weight is 241 g/mol. The molecule has 3 rings (SSSR count). The van der Waals surface area contributed by atoms with Crippen LogP contribution in [0.25, 0.3) is 0 Å². The number of nitrogens with zero attached hydrogens (tertiary/aromatic N) is 3. The van der Waals surface area contributed by atoms with Crippen molar-refractivity contribution in [1.82, 2.24) is 15.0 Å². The van der Waals surface area contributed by atoms with Crippen LogP contribution in [0.3, 0.4) is 0 Å². The fourth-order valence-electron chi connectivity index (χ4n) is 2.66. The summed E-state index contributed by atoms with van der Waals surface area (Å²) >= 11 is 0. The number of hydrogen-bond acceptors (Lipinski definition) is 2. The molecule has 0 bridgehead atoms. The molecule has 1 aliphatic rings. The molecule has 0 N–H and O–H groups in total. The third kappa shape index (κ3) is 2.45. The Morgan fingerprint density at radius 2 is 1.72 bits per heavy atom. The maximum absolute atomic E-state index is 4.37. The second-order valence-corrected chi connectivity index (χ2v) is 5.04. The number of aryl methyl sites for hydroxylation is 1. The first-order chi connectivity index (χ1) is 8.93. The van der Waals surface area contributed by atoms with Crippen molar-refractivity contribution in [2.45, 2.75) is 45.1 Å². The molecular formula is C15H19N3. The smallest absolute Gasteiger partial charge is 0.0859 e. The molecule has 0 saturated carbocycles. The molecule has 1 heterocycles. The highest BCUT2D eigenvalue weighted by atomic mass is 15.4. The average Bonchev–Trinajstić information content (AvgIpc) is 2.72. The lowest BCUT2D eigenvalue weighted by atomic mass is 10.0. The van der Waals surface area contributed by atoms with Crippen molar-refractivity contribution in [3.05, 3.63) is 47.3 Å². The molecule has 0 unspecified atom stereocenters. The maximum Gasteiger partial charge on any atom is 0.0859 e. The SMILES string of the molecule is c1ccc(Cn2nnc3c2CCCCCC3)cc1. The van der Waals surface area contributed by atoms with E-state index in [1.165, 1.54) is 42.6 Å². The van der Waals surface area contributed by atoms with Crippen LogP contribution in [0, 0.1) is 0 Å². The van der Waals surface area contributed by atoms with Gasteiger partial charge in [0, 0.05) is 0 Å². The quantitative estimate of drug-likeness (QED) is 0.809. The highest BCUT2D eigenvalue weighted by molar-refractivity contribution is 5.18. The topological polar surface area (TPSA) is 30.7 Å². The maximum atomic E-state index is 4.37. The van der Waals surface area contributed by atoms with Crippen molar-refractivity contribution < 1.29 is 0 Å². The van der Waals surface area contributed by atoms with E-state index in [0.717, 1.165) is 19.4 Å². The van der Waals surface area contributed by atoms with E-state index in [9.17, 15) is 0 Å². The van der Waals surface area contributed by atoms with Crippen LogP contribution in [-0.4, -0.2) is 15.0 Å². The van der Waals surface area contributed by atoms with E-state index in [4.69, 9.17) is 0 Å². The molecule has 0 atom stereocenters. The summed E-state index contributed by atoms with van der Waals surface area (Å²) in [5, 5.41) is 8.71. The van der Waals surface area contributed by atoms with Crippen molar-refractivity contribution in [3.63, 3.8) is 0 Å². The van der Waals surface area contributed by atoms with Gasteiger partial charge in [-0.1, -0.05) is 48.4 Å². The highest BCUT2D eigenvalue weighted by Crippen LogP contribution is 2.18. The second kappa shape index (κ2) is 5.34. The Balaban J connectivity index is 1.84. The van der Waals surface area contributed by atoms with Crippen LogP contribution in [0.2, 0.25) is 0 Å². The summed E-state index contributed by atoms with van der Waals surface area (Å²) in [6.45, 7) is 0.850. The van der Waals surface area contributed by atoms with E-state index < -0.39 is 0 Å². The van der Waals surface area contributed by atoms with Gasteiger partial charge in [-0.2, -0.15) is 0 Å². The van der Waals surface area contributed by atoms with Crippen LogP contribution in [-0.2, 0) is 19.4 Å². The molecule has 94 valence electrons. The van der Waals surface area contributed by atoms with Crippen molar-refractivity contribution in [3.8, 4) is 0 Å². The van der Waals surface area contributed by atoms with Gasteiger partial charge in [0.2, 0.25) is 0 Å². The van der Waals surface area contributed by atoms with Gasteiger partial charge >= 0.3 is 0 Å². The summed E-state index contributed by atoms with van der Waals surface area (Å²) in [6, 6.07) is 10.5. The molecule has 0 saturated heterocycles. The third-order valence-electron chi connectivity index (χ3n) is 3.67. The van der Waals surface area contributed by atoms with Gasteiger partial charge in [0.25, 0.3) is 0 Å². The van der Waals surface area contributed by atoms with Crippen LogP contribution >= 0.6 is 0 Å². The Hall–Kier alpha value is -1.64. The van der Waals surface area contributed by atoms with Gasteiger partial charge < -0.3 is 0 Å². The summed E-state index contributed by atoms with van der Waals surface area (Å²) in [6.07, 6.45) is 7.45. The fourth-order valence-corrected chi connectivity index (χ4v) is 2.66. The summed E-state index contributed by atoms with van der Waals surface area (Å²) in [4.78, 5) is 0. The lowest BCUT2D eigenvalue weighted by Gasteiger charge is -2.11. The molecular weight excluding hydrogens is 222 g/mol. The third-order valence-corrected chi connectivity index (χ3v) is 3.67. The molecule has 3 heteroatoms. The molecule has 18 heavy (non-hydrogen) atoms. The zero-order valence-corrected chi connectivity index (χ0v) is 10.7. The van der Waals surface area contributed by atoms with Crippen LogP contribution < -0.4 is 0 Å². The molecule has 1 aromatic heterocycles. The monoisotopic (exact) mass is 241 g/mol. The number of aromatic nitrogens is 3. The molecule has 0 amide bonds. The normalized spacial score (nSPS) is 15.8. The van der Waals surface area contributed by atoms with E-state index >= 15 is 0 Å². The van der Waals surface area contributed by atoms with Gasteiger partial charge in [0.1, 0.15) is 0 Å². The first kappa shape index (κ1) is 11.5. The van der Waals surface area contributed by atoms with Gasteiger partial charge in [0.05, 0.1) is 17.9 Å². The first-order valence-electron chi connectivity index (χ1n) is 6.88. The summed E-state index contributed by atoms with van der Waals surface area (Å²) in [7, 11) is 0. The Kier molecular flexibility index (Phi) is 3.40. The molecule has 3 nitrogen and oxygen atoms in total. The van der Waals surface area contributed by atoms with Crippen molar-refractivity contribution >= 4 is 0 Å². The minimum absolute atomic E-state index is 0.850. The van der Waals surface area contributed by atoms with E-state index in [1.54, 1.807) is 0 Å². The number of hydrogen-bond donors (Lipinski definition) is 0. The molecule has 0 aliphatic heterocycles. The predicted octanol–water partition coefficient (Wildman–Crippen LogP) is 2.99. The van der Waals surface area contributed by atoms with Crippen LogP contribution in [0.1, 0.15) is 42.6 Å². The van der Waals surface area contributed by atoms with Crippen LogP contribution in [0.15, 0.2) is 30.3 Å². The number of benzene rings is 1. The zero-order valence-electron chi connectivity index (χ0n) is 10.7. The van der Waals surface area contributed by atoms with Crippen molar-refractivity contribution in [2.24, 2.45) is 0 Å². The first-order valence-corrected chi connectivity index (χ1v) is 6.88. The predicted molar refractivity (Wildman–Crippen MR) is 71.4 cm³/mol. The van der Waals surface area contributed by atoms with E-state index in [2.05, 4.69) is 45.3 Å². The van der Waals surface area contributed by atoms with E-state index in [-0.39, 0.29) is 0 Å². The molecule has 0 fully saturated rings. The van der Waals surface area contributed by atoms with Gasteiger partial charge in [-0.25, -0.2) is 4.68 Å². The lowest BCUT2D eigenvalue weighted by molar-refractivity contribution is 0.574. The lowest BCUT2D eigenvalue weighted by Crippen LogP contribution is -2.08. The molecule has 1 aromatic carbocycles. The minimum Gasteiger partial charge on any atom is -0.245 e. The van der Waals surface area contributed by atoms with Crippen molar-refractivity contribution in [2.75, 3.05) is 0 Å².